The Labute approximate surface area is 97.2 Å². The Morgan fingerprint density at radius 1 is 1.47 bits per heavy atom. The zero-order valence-electron chi connectivity index (χ0n) is 9.17. The lowest BCUT2D eigenvalue weighted by Gasteiger charge is -2.15. The highest BCUT2D eigenvalue weighted by Gasteiger charge is 2.32. The maximum atomic E-state index is 11.6. The minimum atomic E-state index is -0.583. The average molecular weight is 234 g/mol. The first kappa shape index (κ1) is 11.3. The van der Waals surface area contributed by atoms with E-state index in [-0.39, 0.29) is 36.0 Å². The number of anilines is 1. The lowest BCUT2D eigenvalue weighted by atomic mass is 10.2. The highest BCUT2D eigenvalue weighted by atomic mass is 16.5. The number of carbonyl (C=O) groups excluding carboxylic acids is 3. The topological polar surface area (TPSA) is 76.6 Å². The molecule has 0 radical (unpaired) electrons. The van der Waals surface area contributed by atoms with E-state index in [1.165, 1.54) is 24.3 Å². The maximum Gasteiger partial charge on any atom is 0.341 e. The van der Waals surface area contributed by atoms with Crippen LogP contribution >= 0.6 is 0 Å². The van der Waals surface area contributed by atoms with E-state index in [9.17, 15) is 14.4 Å². The molecule has 0 N–H and O–H groups in total. The second-order valence-electron chi connectivity index (χ2n) is 3.56. The molecule has 1 saturated heterocycles. The summed E-state index contributed by atoms with van der Waals surface area (Å²) in [5, 5.41) is 0. The van der Waals surface area contributed by atoms with E-state index < -0.39 is 5.97 Å². The number of hydrogen-bond acceptors (Lipinski definition) is 5. The number of ketones is 1. The molecule has 0 aliphatic carbocycles. The molecule has 17 heavy (non-hydrogen) atoms. The zero-order chi connectivity index (χ0) is 12.4. The first-order chi connectivity index (χ1) is 8.13. The van der Waals surface area contributed by atoms with Crippen LogP contribution in [0.4, 0.5) is 5.82 Å². The second kappa shape index (κ2) is 4.32. The molecular formula is C11H10N2O4. The van der Waals surface area contributed by atoms with Gasteiger partial charge in [-0.15, -0.1) is 0 Å². The molecule has 0 bridgehead atoms. The largest absolute Gasteiger partial charge is 0.465 e. The SMILES string of the molecule is COC(=O)c1cccnc1N1CC(=O)CC1=O. The number of rotatable bonds is 2. The number of pyridine rings is 1. The van der Waals surface area contributed by atoms with Crippen LogP contribution in [0.15, 0.2) is 18.3 Å². The molecule has 1 aliphatic heterocycles. The van der Waals surface area contributed by atoms with E-state index in [1.807, 2.05) is 0 Å². The van der Waals surface area contributed by atoms with E-state index in [0.717, 1.165) is 0 Å². The Bertz CT molecular complexity index is 498. The molecule has 1 aromatic heterocycles. The molecule has 1 aromatic rings. The zero-order valence-corrected chi connectivity index (χ0v) is 9.17. The number of amides is 1. The number of esters is 1. The van der Waals surface area contributed by atoms with Gasteiger partial charge in [-0.3, -0.25) is 14.5 Å². The standard InChI is InChI=1S/C11H10N2O4/c1-17-11(16)8-3-2-4-12-10(8)13-6-7(14)5-9(13)15/h2-4H,5-6H2,1H3. The van der Waals surface area contributed by atoms with Crippen molar-refractivity contribution in [2.24, 2.45) is 0 Å². The van der Waals surface area contributed by atoms with Crippen LogP contribution in [-0.2, 0) is 14.3 Å². The average Bonchev–Trinajstić information content (AvgIpc) is 2.67. The number of carbonyl (C=O) groups is 3. The predicted molar refractivity (Wildman–Crippen MR) is 57.6 cm³/mol. The van der Waals surface area contributed by atoms with Gasteiger partial charge in [-0.2, -0.15) is 0 Å². The normalized spacial score (nSPS) is 15.2. The van der Waals surface area contributed by atoms with Crippen molar-refractivity contribution in [3.63, 3.8) is 0 Å². The van der Waals surface area contributed by atoms with Crippen LogP contribution in [-0.4, -0.2) is 36.3 Å². The van der Waals surface area contributed by atoms with Crippen molar-refractivity contribution in [3.8, 4) is 0 Å². The molecule has 88 valence electrons. The summed E-state index contributed by atoms with van der Waals surface area (Å²) in [6.07, 6.45) is 1.31. The Morgan fingerprint density at radius 3 is 2.82 bits per heavy atom. The molecule has 6 heteroatoms. The van der Waals surface area contributed by atoms with Crippen LogP contribution in [0, 0.1) is 0 Å². The third-order valence-electron chi connectivity index (χ3n) is 2.43. The number of hydrogen-bond donors (Lipinski definition) is 0. The van der Waals surface area contributed by atoms with Gasteiger partial charge < -0.3 is 4.74 Å². The van der Waals surface area contributed by atoms with Gasteiger partial charge in [0, 0.05) is 6.20 Å². The van der Waals surface area contributed by atoms with Crippen molar-refractivity contribution in [2.75, 3.05) is 18.6 Å². The van der Waals surface area contributed by atoms with Crippen molar-refractivity contribution in [2.45, 2.75) is 6.42 Å². The molecule has 0 spiro atoms. The fourth-order valence-corrected chi connectivity index (χ4v) is 1.66. The molecule has 1 fully saturated rings. The van der Waals surface area contributed by atoms with Crippen molar-refractivity contribution in [1.82, 2.24) is 4.98 Å². The Balaban J connectivity index is 2.42. The first-order valence-corrected chi connectivity index (χ1v) is 4.99. The molecule has 0 atom stereocenters. The summed E-state index contributed by atoms with van der Waals surface area (Å²) in [5.74, 6) is -0.939. The molecule has 0 unspecified atom stereocenters. The van der Waals surface area contributed by atoms with E-state index in [0.29, 0.717) is 0 Å². The van der Waals surface area contributed by atoms with Crippen molar-refractivity contribution >= 4 is 23.5 Å². The van der Waals surface area contributed by atoms with Gasteiger partial charge in [-0.1, -0.05) is 0 Å². The lowest BCUT2D eigenvalue weighted by molar-refractivity contribution is -0.121. The summed E-state index contributed by atoms with van der Waals surface area (Å²) in [6.45, 7) is -0.0418. The number of ether oxygens (including phenoxy) is 1. The van der Waals surface area contributed by atoms with E-state index in [2.05, 4.69) is 9.72 Å². The molecule has 2 rings (SSSR count). The highest BCUT2D eigenvalue weighted by molar-refractivity contribution is 6.16. The smallest absolute Gasteiger partial charge is 0.341 e. The van der Waals surface area contributed by atoms with Gasteiger partial charge in [0.15, 0.2) is 5.78 Å². The van der Waals surface area contributed by atoms with Gasteiger partial charge in [0.2, 0.25) is 5.91 Å². The van der Waals surface area contributed by atoms with Crippen LogP contribution in [0.1, 0.15) is 16.8 Å². The third kappa shape index (κ3) is 2.01. The monoisotopic (exact) mass is 234 g/mol. The summed E-state index contributed by atoms with van der Waals surface area (Å²) in [5.41, 5.74) is 0.179. The van der Waals surface area contributed by atoms with Gasteiger partial charge in [-0.05, 0) is 12.1 Å². The first-order valence-electron chi connectivity index (χ1n) is 4.99. The van der Waals surface area contributed by atoms with Gasteiger partial charge in [-0.25, -0.2) is 9.78 Å². The minimum Gasteiger partial charge on any atom is -0.465 e. The maximum absolute atomic E-state index is 11.6. The summed E-state index contributed by atoms with van der Waals surface area (Å²) < 4.78 is 4.60. The van der Waals surface area contributed by atoms with Crippen LogP contribution < -0.4 is 4.90 Å². The molecule has 1 amide bonds. The van der Waals surface area contributed by atoms with E-state index in [4.69, 9.17) is 0 Å². The number of Topliss-reactive ketones (excluding diaryl/α,β-unsaturated/α-hetero) is 1. The molecule has 0 saturated carbocycles. The molecule has 2 heterocycles. The van der Waals surface area contributed by atoms with Gasteiger partial charge in [0.1, 0.15) is 11.4 Å². The summed E-state index contributed by atoms with van der Waals surface area (Å²) in [4.78, 5) is 39.4. The molecule has 1 aliphatic rings. The Morgan fingerprint density at radius 2 is 2.24 bits per heavy atom. The van der Waals surface area contributed by atoms with Gasteiger partial charge in [0.25, 0.3) is 0 Å². The Hall–Kier alpha value is -2.24. The number of methoxy groups -OCH3 is 1. The fraction of sp³-hybridized carbons (Fsp3) is 0.273. The van der Waals surface area contributed by atoms with E-state index >= 15 is 0 Å². The fourth-order valence-electron chi connectivity index (χ4n) is 1.66. The van der Waals surface area contributed by atoms with Crippen LogP contribution in [0.2, 0.25) is 0 Å². The van der Waals surface area contributed by atoms with Gasteiger partial charge in [0.05, 0.1) is 20.1 Å². The predicted octanol–water partition coefficient (Wildman–Crippen LogP) is 0.174. The summed E-state index contributed by atoms with van der Waals surface area (Å²) in [6, 6.07) is 3.07. The molecular weight excluding hydrogens is 224 g/mol. The van der Waals surface area contributed by atoms with E-state index in [1.54, 1.807) is 6.07 Å². The van der Waals surface area contributed by atoms with Crippen molar-refractivity contribution in [1.29, 1.82) is 0 Å². The molecule has 6 nitrogen and oxygen atoms in total. The third-order valence-corrected chi connectivity index (χ3v) is 2.43. The second-order valence-corrected chi connectivity index (χ2v) is 3.56. The van der Waals surface area contributed by atoms with Crippen LogP contribution in [0.5, 0.6) is 0 Å². The van der Waals surface area contributed by atoms with Gasteiger partial charge >= 0.3 is 5.97 Å². The minimum absolute atomic E-state index is 0.0418. The lowest BCUT2D eigenvalue weighted by Crippen LogP contribution is -2.27. The quantitative estimate of drug-likeness (QED) is 0.538. The summed E-state index contributed by atoms with van der Waals surface area (Å²) >= 11 is 0. The van der Waals surface area contributed by atoms with Crippen LogP contribution in [0.25, 0.3) is 0 Å². The Kier molecular flexibility index (Phi) is 2.86. The van der Waals surface area contributed by atoms with Crippen molar-refractivity contribution in [3.05, 3.63) is 23.9 Å². The highest BCUT2D eigenvalue weighted by Crippen LogP contribution is 2.22. The number of nitrogens with zero attached hydrogens (tertiary/aromatic N) is 2. The van der Waals surface area contributed by atoms with Crippen LogP contribution in [0.3, 0.4) is 0 Å². The number of aromatic nitrogens is 1. The summed E-state index contributed by atoms with van der Waals surface area (Å²) in [7, 11) is 1.25. The molecule has 0 aromatic carbocycles. The van der Waals surface area contributed by atoms with Crippen molar-refractivity contribution < 1.29 is 19.1 Å².